The number of methoxy groups -OCH3 is 1. The van der Waals surface area contributed by atoms with Gasteiger partial charge in [-0.05, 0) is 46.9 Å². The van der Waals surface area contributed by atoms with Gasteiger partial charge in [-0.25, -0.2) is 4.79 Å². The Kier molecular flexibility index (Phi) is 8.32. The minimum atomic E-state index is -1.11. The minimum absolute atomic E-state index is 0.0833. The third-order valence-electron chi connectivity index (χ3n) is 4.72. The molecule has 0 bridgehead atoms. The van der Waals surface area contributed by atoms with Crippen LogP contribution in [0.15, 0.2) is 35.0 Å². The molecule has 2 rings (SSSR count). The van der Waals surface area contributed by atoms with E-state index in [9.17, 15) is 24.3 Å². The van der Waals surface area contributed by atoms with Crippen molar-refractivity contribution in [1.82, 2.24) is 5.32 Å². The number of anilines is 1. The number of carbonyl (C=O) groups excluding carboxylic acids is 3. The normalized spacial score (nSPS) is 12.8. The second kappa shape index (κ2) is 10.7. The van der Waals surface area contributed by atoms with Gasteiger partial charge in [0.05, 0.1) is 31.1 Å². The van der Waals surface area contributed by atoms with Crippen LogP contribution in [-0.2, 0) is 14.3 Å². The Morgan fingerprint density at radius 2 is 1.90 bits per heavy atom. The number of thiophene rings is 1. The van der Waals surface area contributed by atoms with E-state index in [4.69, 9.17) is 5.73 Å². The van der Waals surface area contributed by atoms with Crippen LogP contribution in [0.1, 0.15) is 58.9 Å². The smallest absolute Gasteiger partial charge is 0.339 e. The number of amides is 1. The summed E-state index contributed by atoms with van der Waals surface area (Å²) in [6.45, 7) is 3.82. The number of carboxylic acids is 1. The quantitative estimate of drug-likeness (QED) is 0.290. The molecule has 1 heterocycles. The van der Waals surface area contributed by atoms with Crippen LogP contribution < -0.4 is 11.1 Å². The Bertz CT molecular complexity index is 955. The predicted molar refractivity (Wildman–Crippen MR) is 117 cm³/mol. The molecule has 1 aromatic heterocycles. The second-order valence-electron chi connectivity index (χ2n) is 7.56. The SMILES string of the molecule is COC(=O)c1ccc(C(=O)[C@H](CC(C)C)NC(=O)[C@H](CC(=O)O)c2ccsc2)cc1N. The van der Waals surface area contributed by atoms with E-state index in [2.05, 4.69) is 10.1 Å². The molecule has 9 heteroatoms. The molecular formula is C22H26N2O6S. The molecule has 1 amide bonds. The van der Waals surface area contributed by atoms with Crippen molar-refractivity contribution in [3.05, 3.63) is 51.7 Å². The van der Waals surface area contributed by atoms with Crippen LogP contribution in [0.2, 0.25) is 0 Å². The van der Waals surface area contributed by atoms with Crippen molar-refractivity contribution in [2.45, 2.75) is 38.6 Å². The summed E-state index contributed by atoms with van der Waals surface area (Å²) in [5, 5.41) is 15.4. The Morgan fingerprint density at radius 1 is 1.19 bits per heavy atom. The number of nitrogen functional groups attached to an aromatic ring is 1. The van der Waals surface area contributed by atoms with E-state index in [0.717, 1.165) is 0 Å². The van der Waals surface area contributed by atoms with E-state index >= 15 is 0 Å². The number of nitrogens with two attached hydrogens (primary N) is 1. The van der Waals surface area contributed by atoms with Gasteiger partial charge < -0.3 is 20.9 Å². The topological polar surface area (TPSA) is 136 Å². The second-order valence-corrected chi connectivity index (χ2v) is 8.34. The molecule has 166 valence electrons. The fraction of sp³-hybridized carbons (Fsp3) is 0.364. The summed E-state index contributed by atoms with van der Waals surface area (Å²) in [7, 11) is 1.23. The minimum Gasteiger partial charge on any atom is -0.481 e. The third kappa shape index (κ3) is 6.39. The van der Waals surface area contributed by atoms with Crippen molar-refractivity contribution in [2.24, 2.45) is 5.92 Å². The number of ether oxygens (including phenoxy) is 1. The first-order valence-electron chi connectivity index (χ1n) is 9.70. The van der Waals surface area contributed by atoms with Gasteiger partial charge in [0.2, 0.25) is 5.91 Å². The highest BCUT2D eigenvalue weighted by Gasteiger charge is 2.30. The largest absolute Gasteiger partial charge is 0.481 e. The molecule has 0 radical (unpaired) electrons. The molecular weight excluding hydrogens is 420 g/mol. The summed E-state index contributed by atoms with van der Waals surface area (Å²) < 4.78 is 4.66. The Morgan fingerprint density at radius 3 is 2.42 bits per heavy atom. The number of carboxylic acid groups (broad SMARTS) is 1. The van der Waals surface area contributed by atoms with Gasteiger partial charge in [-0.1, -0.05) is 19.9 Å². The van der Waals surface area contributed by atoms with E-state index in [1.54, 1.807) is 16.8 Å². The van der Waals surface area contributed by atoms with Crippen LogP contribution >= 0.6 is 11.3 Å². The first kappa shape index (κ1) is 24.1. The number of esters is 1. The number of carbonyl (C=O) groups is 4. The summed E-state index contributed by atoms with van der Waals surface area (Å²) in [6, 6.07) is 5.07. The molecule has 0 aliphatic heterocycles. The molecule has 1 aromatic carbocycles. The maximum Gasteiger partial charge on any atom is 0.339 e. The van der Waals surface area contributed by atoms with E-state index in [-0.39, 0.29) is 34.9 Å². The average Bonchev–Trinajstić information content (AvgIpc) is 3.24. The number of hydrogen-bond donors (Lipinski definition) is 3. The maximum absolute atomic E-state index is 13.1. The summed E-state index contributed by atoms with van der Waals surface area (Å²) >= 11 is 1.36. The number of nitrogens with one attached hydrogen (secondary N) is 1. The number of hydrogen-bond acceptors (Lipinski definition) is 7. The van der Waals surface area contributed by atoms with Gasteiger partial charge in [-0.2, -0.15) is 11.3 Å². The first-order chi connectivity index (χ1) is 14.6. The van der Waals surface area contributed by atoms with Crippen molar-refractivity contribution < 1.29 is 29.0 Å². The van der Waals surface area contributed by atoms with E-state index in [0.29, 0.717) is 12.0 Å². The molecule has 0 saturated heterocycles. The van der Waals surface area contributed by atoms with Crippen molar-refractivity contribution in [3.8, 4) is 0 Å². The maximum atomic E-state index is 13.1. The van der Waals surface area contributed by atoms with Crippen LogP contribution in [0.4, 0.5) is 5.69 Å². The summed E-state index contributed by atoms with van der Waals surface area (Å²) in [4.78, 5) is 49.1. The number of benzene rings is 1. The van der Waals surface area contributed by atoms with Crippen LogP contribution in [0.25, 0.3) is 0 Å². The fourth-order valence-corrected chi connectivity index (χ4v) is 3.91. The lowest BCUT2D eigenvalue weighted by molar-refractivity contribution is -0.139. The van der Waals surface area contributed by atoms with Crippen molar-refractivity contribution in [1.29, 1.82) is 0 Å². The molecule has 2 atom stereocenters. The molecule has 31 heavy (non-hydrogen) atoms. The summed E-state index contributed by atoms with van der Waals surface area (Å²) in [5.41, 5.74) is 6.96. The molecule has 0 aliphatic carbocycles. The van der Waals surface area contributed by atoms with Crippen LogP contribution in [-0.4, -0.2) is 41.9 Å². The van der Waals surface area contributed by atoms with Gasteiger partial charge >= 0.3 is 11.9 Å². The highest BCUT2D eigenvalue weighted by atomic mass is 32.1. The molecule has 8 nitrogen and oxygen atoms in total. The van der Waals surface area contributed by atoms with Crippen molar-refractivity contribution >= 4 is 40.7 Å². The van der Waals surface area contributed by atoms with Crippen molar-refractivity contribution in [2.75, 3.05) is 12.8 Å². The average molecular weight is 447 g/mol. The monoisotopic (exact) mass is 446 g/mol. The van der Waals surface area contributed by atoms with Crippen molar-refractivity contribution in [3.63, 3.8) is 0 Å². The molecule has 0 unspecified atom stereocenters. The van der Waals surface area contributed by atoms with Gasteiger partial charge in [0, 0.05) is 11.3 Å². The van der Waals surface area contributed by atoms with Gasteiger partial charge in [0.15, 0.2) is 5.78 Å². The van der Waals surface area contributed by atoms with E-state index in [1.165, 1.54) is 36.6 Å². The number of Topliss-reactive ketones (excluding diaryl/α,β-unsaturated/α-hetero) is 1. The highest BCUT2D eigenvalue weighted by molar-refractivity contribution is 7.08. The standard InChI is InChI=1S/C22H26N2O6S/c1-12(2)8-18(20(27)13-4-5-15(17(23)9-13)22(29)30-3)24-21(28)16(10-19(25)26)14-6-7-31-11-14/h4-7,9,11-12,16,18H,8,10,23H2,1-3H3,(H,24,28)(H,25,26)/t16-,18+/m1/s1. The molecule has 0 saturated carbocycles. The molecule has 4 N–H and O–H groups in total. The van der Waals surface area contributed by atoms with Crippen LogP contribution in [0.5, 0.6) is 0 Å². The summed E-state index contributed by atoms with van der Waals surface area (Å²) in [6.07, 6.45) is -0.0292. The van der Waals surface area contributed by atoms with Gasteiger partial charge in [-0.15, -0.1) is 0 Å². The zero-order valence-corrected chi connectivity index (χ0v) is 18.4. The van der Waals surface area contributed by atoms with E-state index < -0.39 is 29.8 Å². The van der Waals surface area contributed by atoms with Gasteiger partial charge in [0.25, 0.3) is 0 Å². The van der Waals surface area contributed by atoms with Gasteiger partial charge in [-0.3, -0.25) is 14.4 Å². The summed E-state index contributed by atoms with van der Waals surface area (Å²) in [5.74, 6) is -3.44. The lowest BCUT2D eigenvalue weighted by Crippen LogP contribution is -2.44. The molecule has 2 aromatic rings. The van der Waals surface area contributed by atoms with Crippen LogP contribution in [0, 0.1) is 5.92 Å². The zero-order chi connectivity index (χ0) is 23.1. The lowest BCUT2D eigenvalue weighted by Gasteiger charge is -2.23. The number of rotatable bonds is 10. The molecule has 0 aliphatic rings. The molecule has 0 fully saturated rings. The van der Waals surface area contributed by atoms with E-state index in [1.807, 2.05) is 13.8 Å². The third-order valence-corrected chi connectivity index (χ3v) is 5.42. The fourth-order valence-electron chi connectivity index (χ4n) is 3.20. The molecule has 0 spiro atoms. The predicted octanol–water partition coefficient (Wildman–Crippen LogP) is 3.09. The Labute approximate surface area is 184 Å². The lowest BCUT2D eigenvalue weighted by atomic mass is 9.92. The Balaban J connectivity index is 2.29. The van der Waals surface area contributed by atoms with Gasteiger partial charge in [0.1, 0.15) is 0 Å². The highest BCUT2D eigenvalue weighted by Crippen LogP contribution is 2.24. The zero-order valence-electron chi connectivity index (χ0n) is 17.6. The first-order valence-corrected chi connectivity index (χ1v) is 10.6. The number of aliphatic carboxylic acids is 1. The number of ketones is 1. The van der Waals surface area contributed by atoms with Crippen LogP contribution in [0.3, 0.4) is 0 Å². The Hall–Kier alpha value is -3.20.